The van der Waals surface area contributed by atoms with E-state index in [0.29, 0.717) is 10.7 Å². The van der Waals surface area contributed by atoms with Gasteiger partial charge in [-0.3, -0.25) is 9.20 Å². The molecular formula is C8H7ClN4O. The molecule has 0 aliphatic carbocycles. The van der Waals surface area contributed by atoms with Crippen LogP contribution in [0.5, 0.6) is 0 Å². The van der Waals surface area contributed by atoms with E-state index in [4.69, 9.17) is 23.1 Å². The van der Waals surface area contributed by atoms with Gasteiger partial charge >= 0.3 is 0 Å². The van der Waals surface area contributed by atoms with Crippen molar-refractivity contribution in [2.24, 2.45) is 5.73 Å². The number of nitrogen functional groups attached to an aromatic ring is 1. The van der Waals surface area contributed by atoms with Gasteiger partial charge in [-0.05, 0) is 12.1 Å². The highest BCUT2D eigenvalue weighted by Crippen LogP contribution is 2.17. The second kappa shape index (κ2) is 2.88. The zero-order valence-corrected chi connectivity index (χ0v) is 7.82. The van der Waals surface area contributed by atoms with E-state index < -0.39 is 5.91 Å². The Bertz CT molecular complexity index is 519. The van der Waals surface area contributed by atoms with Gasteiger partial charge in [0.25, 0.3) is 5.91 Å². The van der Waals surface area contributed by atoms with E-state index >= 15 is 0 Å². The number of hydrogen-bond acceptors (Lipinski definition) is 3. The number of nitrogens with two attached hydrogens (primary N) is 2. The van der Waals surface area contributed by atoms with Gasteiger partial charge in [-0.15, -0.1) is 0 Å². The summed E-state index contributed by atoms with van der Waals surface area (Å²) in [6, 6.07) is 3.32. The van der Waals surface area contributed by atoms with Crippen LogP contribution >= 0.6 is 11.6 Å². The molecule has 2 aromatic rings. The van der Waals surface area contributed by atoms with Crippen LogP contribution in [0.15, 0.2) is 18.3 Å². The maximum Gasteiger partial charge on any atom is 0.271 e. The van der Waals surface area contributed by atoms with E-state index in [9.17, 15) is 4.79 Å². The first kappa shape index (κ1) is 8.83. The number of nitrogens with zero attached hydrogens (tertiary/aromatic N) is 2. The number of halogens is 1. The summed E-state index contributed by atoms with van der Waals surface area (Å²) in [4.78, 5) is 14.9. The molecule has 4 N–H and O–H groups in total. The van der Waals surface area contributed by atoms with Gasteiger partial charge in [0.05, 0.1) is 5.02 Å². The third kappa shape index (κ3) is 1.18. The molecule has 2 rings (SSSR count). The number of amides is 1. The Morgan fingerprint density at radius 1 is 1.50 bits per heavy atom. The summed E-state index contributed by atoms with van der Waals surface area (Å²) in [5, 5.41) is 0.512. The predicted octanol–water partition coefficient (Wildman–Crippen LogP) is 0.669. The van der Waals surface area contributed by atoms with Crippen LogP contribution in [0.3, 0.4) is 0 Å². The monoisotopic (exact) mass is 210 g/mol. The number of primary amides is 1. The third-order valence-electron chi connectivity index (χ3n) is 1.85. The SMILES string of the molecule is NC(=O)c1nc2ccc(Cl)cn2c1N. The highest BCUT2D eigenvalue weighted by Gasteiger charge is 2.13. The summed E-state index contributed by atoms with van der Waals surface area (Å²) in [6.45, 7) is 0. The highest BCUT2D eigenvalue weighted by molar-refractivity contribution is 6.30. The number of carbonyl (C=O) groups excluding carboxylic acids is 1. The Labute approximate surface area is 84.3 Å². The average molecular weight is 211 g/mol. The van der Waals surface area contributed by atoms with Crippen molar-refractivity contribution in [3.8, 4) is 0 Å². The topological polar surface area (TPSA) is 86.4 Å². The number of hydrogen-bond donors (Lipinski definition) is 2. The lowest BCUT2D eigenvalue weighted by Gasteiger charge is -1.96. The number of anilines is 1. The minimum Gasteiger partial charge on any atom is -0.383 e. The zero-order valence-electron chi connectivity index (χ0n) is 7.07. The molecule has 6 heteroatoms. The van der Waals surface area contributed by atoms with E-state index in [1.165, 1.54) is 4.40 Å². The van der Waals surface area contributed by atoms with E-state index in [-0.39, 0.29) is 11.5 Å². The molecule has 0 spiro atoms. The maximum atomic E-state index is 10.9. The van der Waals surface area contributed by atoms with Crippen molar-refractivity contribution in [3.05, 3.63) is 29.0 Å². The molecule has 0 aliphatic rings. The first-order chi connectivity index (χ1) is 6.59. The van der Waals surface area contributed by atoms with Gasteiger partial charge in [0.2, 0.25) is 0 Å². The van der Waals surface area contributed by atoms with Crippen LogP contribution in [-0.4, -0.2) is 15.3 Å². The fourth-order valence-corrected chi connectivity index (χ4v) is 1.38. The highest BCUT2D eigenvalue weighted by atomic mass is 35.5. The van der Waals surface area contributed by atoms with Crippen molar-refractivity contribution in [1.82, 2.24) is 9.38 Å². The largest absolute Gasteiger partial charge is 0.383 e. The maximum absolute atomic E-state index is 10.9. The Kier molecular flexibility index (Phi) is 1.82. The molecule has 0 unspecified atom stereocenters. The first-order valence-electron chi connectivity index (χ1n) is 3.82. The number of carbonyl (C=O) groups is 1. The normalized spacial score (nSPS) is 10.6. The summed E-state index contributed by atoms with van der Waals surface area (Å²) >= 11 is 5.76. The number of imidazole rings is 1. The van der Waals surface area contributed by atoms with Gasteiger partial charge in [0.1, 0.15) is 11.5 Å². The van der Waals surface area contributed by atoms with Gasteiger partial charge < -0.3 is 11.5 Å². The summed E-state index contributed by atoms with van der Waals surface area (Å²) < 4.78 is 1.52. The molecule has 72 valence electrons. The van der Waals surface area contributed by atoms with Crippen LogP contribution in [-0.2, 0) is 0 Å². The summed E-state index contributed by atoms with van der Waals surface area (Å²) in [7, 11) is 0. The van der Waals surface area contributed by atoms with Crippen molar-refractivity contribution in [2.45, 2.75) is 0 Å². The number of pyridine rings is 1. The molecule has 0 atom stereocenters. The van der Waals surface area contributed by atoms with Crippen molar-refractivity contribution in [1.29, 1.82) is 0 Å². The zero-order chi connectivity index (χ0) is 10.3. The van der Waals surface area contributed by atoms with E-state index in [2.05, 4.69) is 4.98 Å². The van der Waals surface area contributed by atoms with Crippen LogP contribution < -0.4 is 11.5 Å². The van der Waals surface area contributed by atoms with Crippen molar-refractivity contribution < 1.29 is 4.79 Å². The van der Waals surface area contributed by atoms with E-state index in [1.54, 1.807) is 18.3 Å². The third-order valence-corrected chi connectivity index (χ3v) is 2.08. The lowest BCUT2D eigenvalue weighted by molar-refractivity contribution is 0.0997. The quantitative estimate of drug-likeness (QED) is 0.725. The number of aromatic nitrogens is 2. The average Bonchev–Trinajstić information content (AvgIpc) is 2.44. The molecule has 14 heavy (non-hydrogen) atoms. The van der Waals surface area contributed by atoms with Gasteiger partial charge in [0, 0.05) is 6.20 Å². The fraction of sp³-hybridized carbons (Fsp3) is 0. The predicted molar refractivity (Wildman–Crippen MR) is 53.1 cm³/mol. The lowest BCUT2D eigenvalue weighted by Crippen LogP contribution is -2.13. The molecular weight excluding hydrogens is 204 g/mol. The van der Waals surface area contributed by atoms with Gasteiger partial charge in [0.15, 0.2) is 5.69 Å². The van der Waals surface area contributed by atoms with Crippen LogP contribution in [0.4, 0.5) is 5.82 Å². The van der Waals surface area contributed by atoms with E-state index in [1.807, 2.05) is 0 Å². The molecule has 0 aliphatic heterocycles. The first-order valence-corrected chi connectivity index (χ1v) is 4.20. The molecule has 5 nitrogen and oxygen atoms in total. The summed E-state index contributed by atoms with van der Waals surface area (Å²) in [5.41, 5.74) is 11.3. The van der Waals surface area contributed by atoms with Crippen LogP contribution in [0.2, 0.25) is 5.02 Å². The molecule has 0 bridgehead atoms. The molecule has 0 saturated heterocycles. The summed E-state index contributed by atoms with van der Waals surface area (Å²) in [5.74, 6) is -0.447. The molecule has 0 aromatic carbocycles. The van der Waals surface area contributed by atoms with Crippen LogP contribution in [0, 0.1) is 0 Å². The van der Waals surface area contributed by atoms with Crippen molar-refractivity contribution >= 4 is 29.0 Å². The Hall–Kier alpha value is -1.75. The second-order valence-electron chi connectivity index (χ2n) is 2.79. The molecule has 0 fully saturated rings. The number of rotatable bonds is 1. The minimum atomic E-state index is -0.651. The fourth-order valence-electron chi connectivity index (χ4n) is 1.22. The molecule has 2 aromatic heterocycles. The minimum absolute atomic E-state index is 0.0623. The lowest BCUT2D eigenvalue weighted by atomic mass is 10.4. The van der Waals surface area contributed by atoms with E-state index in [0.717, 1.165) is 0 Å². The van der Waals surface area contributed by atoms with Crippen LogP contribution in [0.1, 0.15) is 10.5 Å². The Balaban J connectivity index is 2.80. The molecule has 1 amide bonds. The summed E-state index contributed by atoms with van der Waals surface area (Å²) in [6.07, 6.45) is 1.58. The Morgan fingerprint density at radius 2 is 2.21 bits per heavy atom. The van der Waals surface area contributed by atoms with Gasteiger partial charge in [-0.25, -0.2) is 4.98 Å². The van der Waals surface area contributed by atoms with Crippen LogP contribution in [0.25, 0.3) is 5.65 Å². The van der Waals surface area contributed by atoms with Crippen molar-refractivity contribution in [2.75, 3.05) is 5.73 Å². The number of fused-ring (bicyclic) bond motifs is 1. The smallest absolute Gasteiger partial charge is 0.271 e. The van der Waals surface area contributed by atoms with Gasteiger partial charge in [-0.1, -0.05) is 11.6 Å². The Morgan fingerprint density at radius 3 is 2.86 bits per heavy atom. The standard InChI is InChI=1S/C8H7ClN4O/c9-4-1-2-5-12-6(8(11)14)7(10)13(5)3-4/h1-3H,10H2,(H2,11,14). The second-order valence-corrected chi connectivity index (χ2v) is 3.22. The van der Waals surface area contributed by atoms with Crippen molar-refractivity contribution in [3.63, 3.8) is 0 Å². The molecule has 2 heterocycles. The molecule has 0 radical (unpaired) electrons. The van der Waals surface area contributed by atoms with Gasteiger partial charge in [-0.2, -0.15) is 0 Å². The molecule has 0 saturated carbocycles.